The molecular formula is C38H52Cl2SiZr. The standard InChI is InChI=1S/2C18H23.C2H6Si.2ClH.Zr/c2*1-4-5-6-7-9-15-10-8-11-16-12-17(14(2)3)13-18(15)16;1-3-2;;;/h2*4,8,10-14H,1,5-7,9H2,2-3H3;1-2H3;2*1H;/q2*-1;;;;+4/p-2. The van der Waals surface area contributed by atoms with Gasteiger partial charge in [0.2, 0.25) is 0 Å². The molecule has 0 aromatic heterocycles. The summed E-state index contributed by atoms with van der Waals surface area (Å²) in [6.07, 6.45) is 13.7. The van der Waals surface area contributed by atoms with Crippen molar-refractivity contribution in [1.82, 2.24) is 0 Å². The maximum atomic E-state index is 4.93. The molecule has 0 amide bonds. The number of unbranched alkanes of at least 4 members (excludes halogenated alkanes) is 4. The molecular weight excluding hydrogens is 647 g/mol. The first-order valence-corrected chi connectivity index (χ1v) is 23.7. The molecule has 2 radical (unpaired) electrons. The van der Waals surface area contributed by atoms with E-state index in [-0.39, 0.29) is 0 Å². The fraction of sp³-hybridized carbons (Fsp3) is 0.421. The summed E-state index contributed by atoms with van der Waals surface area (Å²) in [4.78, 5) is 0. The number of hydrogen-bond donors (Lipinski definition) is 0. The average Bonchev–Trinajstić information content (AvgIpc) is 3.61. The summed E-state index contributed by atoms with van der Waals surface area (Å²) in [6.45, 7) is 20.9. The number of rotatable bonds is 12. The van der Waals surface area contributed by atoms with Crippen molar-refractivity contribution in [2.75, 3.05) is 0 Å². The van der Waals surface area contributed by atoms with Crippen LogP contribution in [0.4, 0.5) is 0 Å². The van der Waals surface area contributed by atoms with Crippen molar-refractivity contribution in [2.45, 2.75) is 104 Å². The van der Waals surface area contributed by atoms with Crippen LogP contribution in [0.15, 0.2) is 86.0 Å². The van der Waals surface area contributed by atoms with Gasteiger partial charge in [-0.2, -0.15) is 12.1 Å². The number of allylic oxidation sites excluding steroid dienone is 2. The number of benzene rings is 2. The molecule has 0 heterocycles. The Hall–Kier alpha value is -1.18. The number of fused-ring (bicyclic) bond motifs is 2. The second kappa shape index (κ2) is 23.2. The maximum absolute atomic E-state index is 4.93. The Morgan fingerprint density at radius 1 is 0.714 bits per heavy atom. The van der Waals surface area contributed by atoms with Crippen molar-refractivity contribution >= 4 is 48.1 Å². The molecule has 4 heteroatoms. The van der Waals surface area contributed by atoms with Gasteiger partial charge in [0, 0.05) is 9.52 Å². The number of aryl methyl sites for hydroxylation is 2. The summed E-state index contributed by atoms with van der Waals surface area (Å²) >= 11 is -0.826. The molecule has 0 bridgehead atoms. The van der Waals surface area contributed by atoms with Crippen LogP contribution in [0.5, 0.6) is 0 Å². The predicted molar refractivity (Wildman–Crippen MR) is 192 cm³/mol. The minimum atomic E-state index is -0.826. The van der Waals surface area contributed by atoms with Crippen LogP contribution in [0.25, 0.3) is 21.5 Å². The molecule has 0 saturated heterocycles. The Morgan fingerprint density at radius 3 is 1.38 bits per heavy atom. The van der Waals surface area contributed by atoms with Crippen LogP contribution in [0.1, 0.15) is 100 Å². The summed E-state index contributed by atoms with van der Waals surface area (Å²) in [7, 11) is 11.0. The van der Waals surface area contributed by atoms with E-state index < -0.39 is 20.8 Å². The van der Waals surface area contributed by atoms with Gasteiger partial charge >= 0.3 is 37.9 Å². The van der Waals surface area contributed by atoms with Gasteiger partial charge in [-0.3, -0.25) is 0 Å². The molecule has 0 nitrogen and oxygen atoms in total. The third kappa shape index (κ3) is 14.1. The van der Waals surface area contributed by atoms with E-state index in [1.54, 1.807) is 0 Å². The van der Waals surface area contributed by atoms with Crippen LogP contribution in [-0.2, 0) is 33.7 Å². The Kier molecular flexibility index (Phi) is 21.5. The number of halogens is 2. The van der Waals surface area contributed by atoms with E-state index in [9.17, 15) is 0 Å². The molecule has 42 heavy (non-hydrogen) atoms. The Labute approximate surface area is 279 Å². The Morgan fingerprint density at radius 2 is 1.07 bits per heavy atom. The molecule has 0 fully saturated rings. The van der Waals surface area contributed by atoms with E-state index in [1.165, 1.54) is 82.3 Å². The van der Waals surface area contributed by atoms with Crippen LogP contribution in [-0.4, -0.2) is 9.52 Å². The summed E-state index contributed by atoms with van der Waals surface area (Å²) < 4.78 is 0. The van der Waals surface area contributed by atoms with Crippen LogP contribution in [0.2, 0.25) is 13.1 Å². The SMILES string of the molecule is C=CCCCCc1cccc2[cH-]c(C(C)C)cc12.C=CCCCCc1cccc2[cH-]c(C(C)C)cc12.C[Si]C.[Cl][Zr+2][Cl]. The molecule has 226 valence electrons. The van der Waals surface area contributed by atoms with Gasteiger partial charge in [-0.15, -0.1) is 82.2 Å². The fourth-order valence-corrected chi connectivity index (χ4v) is 4.96. The Balaban J connectivity index is 0.000000354. The molecule has 0 N–H and O–H groups in total. The van der Waals surface area contributed by atoms with Crippen molar-refractivity contribution in [3.8, 4) is 0 Å². The molecule has 0 spiro atoms. The molecule has 4 aromatic carbocycles. The molecule has 0 aliphatic heterocycles. The van der Waals surface area contributed by atoms with Crippen LogP contribution in [0, 0.1) is 0 Å². The molecule has 0 atom stereocenters. The van der Waals surface area contributed by atoms with Gasteiger partial charge in [0.05, 0.1) is 0 Å². The van der Waals surface area contributed by atoms with Crippen molar-refractivity contribution < 1.29 is 20.8 Å². The molecule has 0 aliphatic carbocycles. The average molecular weight is 699 g/mol. The molecule has 4 rings (SSSR count). The van der Waals surface area contributed by atoms with Gasteiger partial charge in [-0.25, -0.2) is 0 Å². The van der Waals surface area contributed by atoms with Crippen LogP contribution >= 0.6 is 17.0 Å². The van der Waals surface area contributed by atoms with Gasteiger partial charge in [-0.05, 0) is 63.2 Å². The fourth-order valence-electron chi connectivity index (χ4n) is 4.96. The summed E-state index contributed by atoms with van der Waals surface area (Å²) in [5, 5.41) is 5.72. The third-order valence-electron chi connectivity index (χ3n) is 7.27. The monoisotopic (exact) mass is 696 g/mol. The van der Waals surface area contributed by atoms with E-state index in [0.29, 0.717) is 11.8 Å². The third-order valence-corrected chi connectivity index (χ3v) is 7.27. The van der Waals surface area contributed by atoms with Crippen molar-refractivity contribution in [3.05, 3.63) is 108 Å². The van der Waals surface area contributed by atoms with E-state index >= 15 is 0 Å². The number of hydrogen-bond acceptors (Lipinski definition) is 0. The van der Waals surface area contributed by atoms with Crippen molar-refractivity contribution in [1.29, 1.82) is 0 Å². The summed E-state index contributed by atoms with van der Waals surface area (Å²) in [5.74, 6) is 1.23. The molecule has 0 unspecified atom stereocenters. The minimum absolute atomic E-state index is 0.617. The second-order valence-corrected chi connectivity index (χ2v) is 16.1. The van der Waals surface area contributed by atoms with E-state index in [0.717, 1.165) is 22.4 Å². The van der Waals surface area contributed by atoms with Crippen LogP contribution in [0.3, 0.4) is 0 Å². The quantitative estimate of drug-likeness (QED) is 0.0598. The molecule has 0 aliphatic rings. The van der Waals surface area contributed by atoms with Crippen LogP contribution < -0.4 is 0 Å². The van der Waals surface area contributed by atoms with Gasteiger partial charge in [0.25, 0.3) is 0 Å². The van der Waals surface area contributed by atoms with E-state index in [2.05, 4.69) is 115 Å². The van der Waals surface area contributed by atoms with Crippen molar-refractivity contribution in [2.24, 2.45) is 0 Å². The molecule has 4 aromatic rings. The normalized spacial score (nSPS) is 10.3. The first-order valence-electron chi connectivity index (χ1n) is 15.4. The van der Waals surface area contributed by atoms with Gasteiger partial charge in [0.15, 0.2) is 0 Å². The zero-order chi connectivity index (χ0) is 31.3. The first-order chi connectivity index (χ1) is 20.3. The predicted octanol–water partition coefficient (Wildman–Crippen LogP) is 13.3. The van der Waals surface area contributed by atoms with Gasteiger partial charge in [0.1, 0.15) is 0 Å². The second-order valence-electron chi connectivity index (χ2n) is 11.4. The zero-order valence-electron chi connectivity index (χ0n) is 26.9. The van der Waals surface area contributed by atoms with Gasteiger partial charge in [-0.1, -0.05) is 76.2 Å². The van der Waals surface area contributed by atoms with Gasteiger partial charge < -0.3 is 0 Å². The zero-order valence-corrected chi connectivity index (χ0v) is 31.9. The molecule has 0 saturated carbocycles. The first kappa shape index (κ1) is 38.8. The summed E-state index contributed by atoms with van der Waals surface area (Å²) in [5.41, 5.74) is 5.93. The Bertz CT molecular complexity index is 1180. The topological polar surface area (TPSA) is 0 Å². The van der Waals surface area contributed by atoms with E-state index in [4.69, 9.17) is 17.0 Å². The summed E-state index contributed by atoms with van der Waals surface area (Å²) in [6, 6.07) is 22.8. The van der Waals surface area contributed by atoms with Crippen molar-refractivity contribution in [3.63, 3.8) is 0 Å². The van der Waals surface area contributed by atoms with E-state index in [1.807, 2.05) is 12.2 Å².